The molecule has 0 aliphatic carbocycles. The Hall–Kier alpha value is -1.28. The first-order valence-electron chi connectivity index (χ1n) is 6.34. The number of hydrogen-bond acceptors (Lipinski definition) is 4. The van der Waals surface area contributed by atoms with Crippen molar-refractivity contribution in [2.45, 2.75) is 32.1 Å². The molecule has 0 amide bonds. The second-order valence-electron chi connectivity index (χ2n) is 4.29. The fourth-order valence-corrected chi connectivity index (χ4v) is 1.87. The average Bonchev–Trinajstić information content (AvgIpc) is 2.77. The van der Waals surface area contributed by atoms with Crippen LogP contribution in [0.25, 0.3) is 0 Å². The summed E-state index contributed by atoms with van der Waals surface area (Å²) < 4.78 is 48.0. The van der Waals surface area contributed by atoms with Crippen molar-refractivity contribution in [3.8, 4) is 5.75 Å². The summed E-state index contributed by atoms with van der Waals surface area (Å²) in [6.45, 7) is 1.28. The number of ether oxygens (including phenoxy) is 2. The van der Waals surface area contributed by atoms with Crippen LogP contribution in [0.3, 0.4) is 0 Å². The molecule has 0 aliphatic rings. The molecule has 1 rings (SSSR count). The van der Waals surface area contributed by atoms with Gasteiger partial charge in [0.25, 0.3) is 0 Å². The molecule has 0 spiro atoms. The fraction of sp³-hybridized carbons (Fsp3) is 0.750. The smallest absolute Gasteiger partial charge is 0.411 e. The number of methoxy groups -OCH3 is 1. The van der Waals surface area contributed by atoms with E-state index in [1.807, 2.05) is 6.92 Å². The minimum Gasteiger partial charge on any atom is -0.493 e. The Kier molecular flexibility index (Phi) is 6.28. The van der Waals surface area contributed by atoms with Crippen molar-refractivity contribution in [2.24, 2.45) is 0 Å². The van der Waals surface area contributed by atoms with Crippen LogP contribution in [0, 0.1) is 0 Å². The van der Waals surface area contributed by atoms with Gasteiger partial charge in [0.05, 0.1) is 31.6 Å². The molecule has 0 aliphatic heterocycles. The Balaban J connectivity index is 2.79. The summed E-state index contributed by atoms with van der Waals surface area (Å²) in [6.07, 6.45) is -1.91. The number of alkyl halides is 3. The number of aromatic nitrogens is 2. The van der Waals surface area contributed by atoms with Crippen LogP contribution < -0.4 is 10.1 Å². The maximum Gasteiger partial charge on any atom is 0.411 e. The van der Waals surface area contributed by atoms with E-state index in [0.29, 0.717) is 18.0 Å². The number of likely N-dealkylation sites (N-methyl/N-ethyl adjacent to an activating group) is 1. The lowest BCUT2D eigenvalue weighted by Crippen LogP contribution is -2.28. The Labute approximate surface area is 116 Å². The third-order valence-corrected chi connectivity index (χ3v) is 2.73. The van der Waals surface area contributed by atoms with Crippen LogP contribution in [0.15, 0.2) is 6.20 Å². The van der Waals surface area contributed by atoms with Gasteiger partial charge in [-0.2, -0.15) is 18.3 Å². The van der Waals surface area contributed by atoms with Crippen LogP contribution in [-0.2, 0) is 11.3 Å². The third kappa shape index (κ3) is 4.68. The molecular formula is C12H20F3N3O2. The van der Waals surface area contributed by atoms with Gasteiger partial charge in [-0.05, 0) is 13.5 Å². The quantitative estimate of drug-likeness (QED) is 0.798. The van der Waals surface area contributed by atoms with Crippen LogP contribution >= 0.6 is 0 Å². The molecule has 1 aromatic rings. The van der Waals surface area contributed by atoms with Gasteiger partial charge >= 0.3 is 6.18 Å². The molecule has 0 aromatic carbocycles. The predicted molar refractivity (Wildman–Crippen MR) is 67.7 cm³/mol. The monoisotopic (exact) mass is 295 g/mol. The van der Waals surface area contributed by atoms with Crippen molar-refractivity contribution in [2.75, 3.05) is 27.4 Å². The minimum absolute atomic E-state index is 0.109. The van der Waals surface area contributed by atoms with Crippen LogP contribution in [0.5, 0.6) is 5.75 Å². The van der Waals surface area contributed by atoms with Crippen molar-refractivity contribution in [3.05, 3.63) is 11.9 Å². The summed E-state index contributed by atoms with van der Waals surface area (Å²) in [6, 6.07) is -0.415. The first-order chi connectivity index (χ1) is 9.42. The van der Waals surface area contributed by atoms with E-state index < -0.39 is 18.8 Å². The van der Waals surface area contributed by atoms with Crippen LogP contribution in [0.2, 0.25) is 0 Å². The van der Waals surface area contributed by atoms with Crippen LogP contribution in [0.4, 0.5) is 13.2 Å². The first-order valence-corrected chi connectivity index (χ1v) is 6.34. The van der Waals surface area contributed by atoms with E-state index in [1.54, 1.807) is 17.9 Å². The molecule has 0 radical (unpaired) electrons. The first kappa shape index (κ1) is 16.8. The topological polar surface area (TPSA) is 48.3 Å². The summed E-state index contributed by atoms with van der Waals surface area (Å²) in [4.78, 5) is 0. The molecule has 116 valence electrons. The highest BCUT2D eigenvalue weighted by atomic mass is 19.4. The molecule has 1 atom stereocenters. The minimum atomic E-state index is -4.33. The van der Waals surface area contributed by atoms with E-state index in [-0.39, 0.29) is 6.61 Å². The summed E-state index contributed by atoms with van der Waals surface area (Å²) in [5.41, 5.74) is 0.694. The van der Waals surface area contributed by atoms with Crippen LogP contribution in [-0.4, -0.2) is 43.3 Å². The van der Waals surface area contributed by atoms with E-state index in [4.69, 9.17) is 9.47 Å². The van der Waals surface area contributed by atoms with Crippen molar-refractivity contribution < 1.29 is 22.6 Å². The zero-order valence-corrected chi connectivity index (χ0v) is 11.8. The van der Waals surface area contributed by atoms with Crippen molar-refractivity contribution >= 4 is 0 Å². The SMILES string of the molecule is CCCn1ncc(OC)c1C(COCC(F)(F)F)NC. The Morgan fingerprint density at radius 1 is 1.45 bits per heavy atom. The molecule has 0 saturated carbocycles. The number of aryl methyl sites for hydroxylation is 1. The normalized spacial score (nSPS) is 13.5. The lowest BCUT2D eigenvalue weighted by molar-refractivity contribution is -0.175. The van der Waals surface area contributed by atoms with Crippen molar-refractivity contribution in [1.82, 2.24) is 15.1 Å². The molecule has 0 bridgehead atoms. The van der Waals surface area contributed by atoms with Gasteiger partial charge in [0.1, 0.15) is 6.61 Å². The number of halogens is 3. The zero-order valence-electron chi connectivity index (χ0n) is 11.8. The maximum absolute atomic E-state index is 12.1. The summed E-state index contributed by atoms with van der Waals surface area (Å²) in [7, 11) is 3.16. The van der Waals surface area contributed by atoms with Gasteiger partial charge in [-0.1, -0.05) is 6.92 Å². The molecule has 1 N–H and O–H groups in total. The molecular weight excluding hydrogens is 275 g/mol. The van der Waals surface area contributed by atoms with E-state index >= 15 is 0 Å². The third-order valence-electron chi connectivity index (χ3n) is 2.73. The second-order valence-corrected chi connectivity index (χ2v) is 4.29. The van der Waals surface area contributed by atoms with E-state index in [0.717, 1.165) is 6.42 Å². The number of nitrogens with one attached hydrogen (secondary N) is 1. The molecule has 5 nitrogen and oxygen atoms in total. The van der Waals surface area contributed by atoms with Gasteiger partial charge in [-0.3, -0.25) is 4.68 Å². The van der Waals surface area contributed by atoms with Gasteiger partial charge in [0, 0.05) is 6.54 Å². The molecule has 1 unspecified atom stereocenters. The summed E-state index contributed by atoms with van der Waals surface area (Å²) in [5, 5.41) is 7.11. The average molecular weight is 295 g/mol. The lowest BCUT2D eigenvalue weighted by Gasteiger charge is -2.19. The molecule has 1 aromatic heterocycles. The predicted octanol–water partition coefficient (Wildman–Crippen LogP) is 2.14. The molecule has 8 heteroatoms. The number of nitrogens with zero attached hydrogens (tertiary/aromatic N) is 2. The van der Waals surface area contributed by atoms with Crippen molar-refractivity contribution in [3.63, 3.8) is 0 Å². The van der Waals surface area contributed by atoms with E-state index in [1.165, 1.54) is 7.11 Å². The van der Waals surface area contributed by atoms with Crippen molar-refractivity contribution in [1.29, 1.82) is 0 Å². The Bertz CT molecular complexity index is 407. The van der Waals surface area contributed by atoms with Gasteiger partial charge in [-0.15, -0.1) is 0 Å². The van der Waals surface area contributed by atoms with Gasteiger partial charge < -0.3 is 14.8 Å². The highest BCUT2D eigenvalue weighted by Gasteiger charge is 2.29. The van der Waals surface area contributed by atoms with E-state index in [9.17, 15) is 13.2 Å². The summed E-state index contributed by atoms with van der Waals surface area (Å²) >= 11 is 0. The highest BCUT2D eigenvalue weighted by Crippen LogP contribution is 2.26. The van der Waals surface area contributed by atoms with Gasteiger partial charge in [0.15, 0.2) is 5.75 Å². The zero-order chi connectivity index (χ0) is 15.2. The molecule has 0 fully saturated rings. The van der Waals surface area contributed by atoms with Gasteiger partial charge in [-0.25, -0.2) is 0 Å². The maximum atomic E-state index is 12.1. The molecule has 0 saturated heterocycles. The second kappa shape index (κ2) is 7.49. The van der Waals surface area contributed by atoms with Crippen LogP contribution in [0.1, 0.15) is 25.1 Å². The summed E-state index contributed by atoms with van der Waals surface area (Å²) in [5.74, 6) is 0.536. The standard InChI is InChI=1S/C12H20F3N3O2/c1-4-5-18-11(10(19-3)6-17-18)9(16-2)7-20-8-12(13,14)15/h6,9,16H,4-5,7-8H2,1-3H3. The Morgan fingerprint density at radius 3 is 2.65 bits per heavy atom. The highest BCUT2D eigenvalue weighted by molar-refractivity contribution is 5.28. The molecule has 1 heterocycles. The Morgan fingerprint density at radius 2 is 2.15 bits per heavy atom. The number of rotatable bonds is 8. The lowest BCUT2D eigenvalue weighted by atomic mass is 10.2. The number of hydrogen-bond donors (Lipinski definition) is 1. The molecule has 20 heavy (non-hydrogen) atoms. The largest absolute Gasteiger partial charge is 0.493 e. The van der Waals surface area contributed by atoms with E-state index in [2.05, 4.69) is 10.4 Å². The fourth-order valence-electron chi connectivity index (χ4n) is 1.87. The van der Waals surface area contributed by atoms with Gasteiger partial charge in [0.2, 0.25) is 0 Å².